The molecule has 96 valence electrons. The Kier molecular flexibility index (Phi) is 3.18. The number of benzene rings is 2. The zero-order valence-corrected chi connectivity index (χ0v) is 11.3. The average molecular weight is 273 g/mol. The lowest BCUT2D eigenvalue weighted by Crippen LogP contribution is -1.94. The van der Waals surface area contributed by atoms with Crippen LogP contribution < -0.4 is 4.74 Å². The molecule has 0 fully saturated rings. The van der Waals surface area contributed by atoms with Gasteiger partial charge in [-0.15, -0.1) is 0 Å². The second kappa shape index (κ2) is 4.98. The van der Waals surface area contributed by atoms with Crippen molar-refractivity contribution in [3.05, 3.63) is 64.9 Å². The first kappa shape index (κ1) is 12.1. The highest BCUT2D eigenvalue weighted by Crippen LogP contribution is 2.25. The van der Waals surface area contributed by atoms with Gasteiger partial charge in [0.15, 0.2) is 0 Å². The highest BCUT2D eigenvalue weighted by molar-refractivity contribution is 6.31. The maximum absolute atomic E-state index is 5.93. The molecule has 0 aliphatic carbocycles. The Labute approximate surface area is 116 Å². The summed E-state index contributed by atoms with van der Waals surface area (Å²) in [5.74, 6) is 0.864. The Balaban J connectivity index is 1.82. The van der Waals surface area contributed by atoms with Gasteiger partial charge in [0.05, 0.1) is 6.26 Å². The lowest BCUT2D eigenvalue weighted by atomic mass is 10.2. The van der Waals surface area contributed by atoms with Crippen LogP contribution in [0.4, 0.5) is 0 Å². The first-order chi connectivity index (χ1) is 9.22. The van der Waals surface area contributed by atoms with Gasteiger partial charge in [0.1, 0.15) is 17.9 Å². The summed E-state index contributed by atoms with van der Waals surface area (Å²) in [4.78, 5) is 0. The standard InChI is InChI=1S/C16H13ClO2/c1-11-3-2-4-14(7-11)18-9-12-10-19-16-8-13(17)5-6-15(12)16/h2-8,10H,9H2,1H3. The largest absolute Gasteiger partial charge is 0.489 e. The van der Waals surface area contributed by atoms with Crippen molar-refractivity contribution in [3.8, 4) is 5.75 Å². The van der Waals surface area contributed by atoms with Crippen molar-refractivity contribution >= 4 is 22.6 Å². The highest BCUT2D eigenvalue weighted by Gasteiger charge is 2.07. The molecule has 1 heterocycles. The molecular formula is C16H13ClO2. The predicted molar refractivity (Wildman–Crippen MR) is 76.7 cm³/mol. The SMILES string of the molecule is Cc1cccc(OCc2coc3cc(Cl)ccc23)c1. The van der Waals surface area contributed by atoms with Crippen LogP contribution in [0.3, 0.4) is 0 Å². The van der Waals surface area contributed by atoms with Crippen molar-refractivity contribution in [2.24, 2.45) is 0 Å². The second-order valence-corrected chi connectivity index (χ2v) is 4.94. The van der Waals surface area contributed by atoms with Gasteiger partial charge in [0.25, 0.3) is 0 Å². The molecule has 0 spiro atoms. The summed E-state index contributed by atoms with van der Waals surface area (Å²) in [6, 6.07) is 13.6. The maximum Gasteiger partial charge on any atom is 0.135 e. The van der Waals surface area contributed by atoms with Crippen LogP contribution in [0.25, 0.3) is 11.0 Å². The molecule has 0 N–H and O–H groups in total. The fourth-order valence-corrected chi connectivity index (χ4v) is 2.20. The summed E-state index contributed by atoms with van der Waals surface area (Å²) in [6.45, 7) is 2.53. The van der Waals surface area contributed by atoms with E-state index in [-0.39, 0.29) is 0 Å². The molecule has 3 rings (SSSR count). The number of rotatable bonds is 3. The molecule has 0 radical (unpaired) electrons. The van der Waals surface area contributed by atoms with Crippen LogP contribution in [0.15, 0.2) is 53.1 Å². The van der Waals surface area contributed by atoms with E-state index in [0.29, 0.717) is 11.6 Å². The summed E-state index contributed by atoms with van der Waals surface area (Å²) >= 11 is 5.93. The maximum atomic E-state index is 5.93. The summed E-state index contributed by atoms with van der Waals surface area (Å²) in [5.41, 5.74) is 2.99. The molecule has 2 nitrogen and oxygen atoms in total. The molecule has 0 saturated carbocycles. The normalized spacial score (nSPS) is 10.8. The fourth-order valence-electron chi connectivity index (χ4n) is 2.04. The van der Waals surface area contributed by atoms with Gasteiger partial charge in [-0.1, -0.05) is 23.7 Å². The molecule has 0 amide bonds. The van der Waals surface area contributed by atoms with E-state index >= 15 is 0 Å². The summed E-state index contributed by atoms with van der Waals surface area (Å²) in [6.07, 6.45) is 1.72. The number of halogens is 1. The van der Waals surface area contributed by atoms with Crippen LogP contribution in [0.5, 0.6) is 5.75 Å². The van der Waals surface area contributed by atoms with Crippen LogP contribution in [-0.2, 0) is 6.61 Å². The minimum absolute atomic E-state index is 0.484. The van der Waals surface area contributed by atoms with Gasteiger partial charge in [-0.3, -0.25) is 0 Å². The van der Waals surface area contributed by atoms with Crippen molar-refractivity contribution in [3.63, 3.8) is 0 Å². The lowest BCUT2D eigenvalue weighted by molar-refractivity contribution is 0.306. The molecule has 0 aliphatic rings. The lowest BCUT2D eigenvalue weighted by Gasteiger charge is -2.05. The molecule has 0 unspecified atom stereocenters. The number of ether oxygens (including phenoxy) is 1. The number of aryl methyl sites for hydroxylation is 1. The first-order valence-electron chi connectivity index (χ1n) is 6.07. The Hall–Kier alpha value is -1.93. The van der Waals surface area contributed by atoms with Crippen LogP contribution in [0, 0.1) is 6.92 Å². The van der Waals surface area contributed by atoms with Crippen LogP contribution in [0.2, 0.25) is 5.02 Å². The van der Waals surface area contributed by atoms with Gasteiger partial charge in [-0.05, 0) is 42.8 Å². The Morgan fingerprint density at radius 1 is 1.16 bits per heavy atom. The van der Waals surface area contributed by atoms with Gasteiger partial charge >= 0.3 is 0 Å². The predicted octanol–water partition coefficient (Wildman–Crippen LogP) is 4.97. The molecule has 0 aliphatic heterocycles. The number of hydrogen-bond acceptors (Lipinski definition) is 2. The van der Waals surface area contributed by atoms with E-state index in [1.54, 1.807) is 6.26 Å². The molecule has 3 heteroatoms. The molecule has 3 aromatic rings. The smallest absolute Gasteiger partial charge is 0.135 e. The van der Waals surface area contributed by atoms with E-state index in [9.17, 15) is 0 Å². The van der Waals surface area contributed by atoms with E-state index in [0.717, 1.165) is 22.3 Å². The summed E-state index contributed by atoms with van der Waals surface area (Å²) in [5, 5.41) is 1.71. The van der Waals surface area contributed by atoms with Gasteiger partial charge < -0.3 is 9.15 Å². The molecule has 2 aromatic carbocycles. The van der Waals surface area contributed by atoms with Crippen molar-refractivity contribution in [2.75, 3.05) is 0 Å². The molecule has 0 bridgehead atoms. The quantitative estimate of drug-likeness (QED) is 0.671. The first-order valence-corrected chi connectivity index (χ1v) is 6.45. The van der Waals surface area contributed by atoms with E-state index in [2.05, 4.69) is 0 Å². The van der Waals surface area contributed by atoms with Gasteiger partial charge in [0, 0.05) is 16.0 Å². The molecule has 0 saturated heterocycles. The van der Waals surface area contributed by atoms with Gasteiger partial charge in [-0.25, -0.2) is 0 Å². The van der Waals surface area contributed by atoms with Gasteiger partial charge in [-0.2, -0.15) is 0 Å². The van der Waals surface area contributed by atoms with Crippen LogP contribution in [0.1, 0.15) is 11.1 Å². The molecular weight excluding hydrogens is 260 g/mol. The number of furan rings is 1. The molecule has 19 heavy (non-hydrogen) atoms. The van der Waals surface area contributed by atoms with Crippen molar-refractivity contribution in [1.29, 1.82) is 0 Å². The van der Waals surface area contributed by atoms with E-state index in [1.807, 2.05) is 49.4 Å². The zero-order chi connectivity index (χ0) is 13.2. The van der Waals surface area contributed by atoms with E-state index < -0.39 is 0 Å². The van der Waals surface area contributed by atoms with E-state index in [1.165, 1.54) is 5.56 Å². The molecule has 1 aromatic heterocycles. The number of hydrogen-bond donors (Lipinski definition) is 0. The minimum atomic E-state index is 0.484. The summed E-state index contributed by atoms with van der Waals surface area (Å²) < 4.78 is 11.3. The molecule has 0 atom stereocenters. The highest BCUT2D eigenvalue weighted by atomic mass is 35.5. The van der Waals surface area contributed by atoms with Gasteiger partial charge in [0.2, 0.25) is 0 Å². The van der Waals surface area contributed by atoms with Crippen molar-refractivity contribution in [1.82, 2.24) is 0 Å². The van der Waals surface area contributed by atoms with Crippen molar-refractivity contribution in [2.45, 2.75) is 13.5 Å². The monoisotopic (exact) mass is 272 g/mol. The Bertz CT molecular complexity index is 716. The van der Waals surface area contributed by atoms with E-state index in [4.69, 9.17) is 20.8 Å². The van der Waals surface area contributed by atoms with Crippen LogP contribution in [-0.4, -0.2) is 0 Å². The Morgan fingerprint density at radius 2 is 2.05 bits per heavy atom. The fraction of sp³-hybridized carbons (Fsp3) is 0.125. The minimum Gasteiger partial charge on any atom is -0.489 e. The zero-order valence-electron chi connectivity index (χ0n) is 10.5. The van der Waals surface area contributed by atoms with Crippen LogP contribution >= 0.6 is 11.6 Å². The number of fused-ring (bicyclic) bond motifs is 1. The Morgan fingerprint density at radius 3 is 2.89 bits per heavy atom. The third-order valence-electron chi connectivity index (χ3n) is 3.00. The second-order valence-electron chi connectivity index (χ2n) is 4.51. The van der Waals surface area contributed by atoms with Crippen molar-refractivity contribution < 1.29 is 9.15 Å². The summed E-state index contributed by atoms with van der Waals surface area (Å²) in [7, 11) is 0. The topological polar surface area (TPSA) is 22.4 Å². The third kappa shape index (κ3) is 2.59. The average Bonchev–Trinajstić information content (AvgIpc) is 2.78. The third-order valence-corrected chi connectivity index (χ3v) is 3.24.